The minimum Gasteiger partial charge on any atom is -0.395 e. The van der Waals surface area contributed by atoms with Crippen molar-refractivity contribution in [1.29, 1.82) is 5.26 Å². The first kappa shape index (κ1) is 14.6. The van der Waals surface area contributed by atoms with Crippen molar-refractivity contribution < 1.29 is 14.2 Å². The van der Waals surface area contributed by atoms with Gasteiger partial charge < -0.3 is 9.84 Å². The molecule has 0 saturated heterocycles. The van der Waals surface area contributed by atoms with Gasteiger partial charge in [0.2, 0.25) is 0 Å². The summed E-state index contributed by atoms with van der Waals surface area (Å²) in [6.07, 6.45) is 0. The number of ether oxygens (including phenoxy) is 1. The highest BCUT2D eigenvalue weighted by Gasteiger charge is 2.09. The number of methoxy groups -OCH3 is 1. The summed E-state index contributed by atoms with van der Waals surface area (Å²) in [5.74, 6) is -0.361. The van der Waals surface area contributed by atoms with E-state index in [1.54, 1.807) is 7.11 Å². The van der Waals surface area contributed by atoms with Crippen molar-refractivity contribution in [2.45, 2.75) is 6.54 Å². The van der Waals surface area contributed by atoms with Gasteiger partial charge in [-0.1, -0.05) is 0 Å². The average molecular weight is 252 g/mol. The Morgan fingerprint density at radius 3 is 2.83 bits per heavy atom. The molecule has 18 heavy (non-hydrogen) atoms. The molecule has 1 aromatic rings. The molecule has 0 aliphatic rings. The van der Waals surface area contributed by atoms with E-state index in [0.717, 1.165) is 0 Å². The maximum Gasteiger partial charge on any atom is 0.123 e. The van der Waals surface area contributed by atoms with Crippen molar-refractivity contribution in [2.24, 2.45) is 0 Å². The second-order valence-electron chi connectivity index (χ2n) is 3.91. The summed E-state index contributed by atoms with van der Waals surface area (Å²) in [6.45, 7) is 2.05. The third-order valence-electron chi connectivity index (χ3n) is 2.61. The molecule has 0 spiro atoms. The minimum absolute atomic E-state index is 0.0148. The van der Waals surface area contributed by atoms with Gasteiger partial charge in [0.15, 0.2) is 0 Å². The standard InChI is InChI=1S/C13H17FN2O2/c1-18-7-5-16(4-6-17)10-12-8-13(14)3-2-11(12)9-15/h2-3,8,17H,4-7,10H2,1H3. The van der Waals surface area contributed by atoms with E-state index in [9.17, 15) is 4.39 Å². The Balaban J connectivity index is 2.79. The fraction of sp³-hybridized carbons (Fsp3) is 0.462. The van der Waals surface area contributed by atoms with Crippen molar-refractivity contribution in [3.05, 3.63) is 35.1 Å². The van der Waals surface area contributed by atoms with Gasteiger partial charge in [0.1, 0.15) is 5.82 Å². The monoisotopic (exact) mass is 252 g/mol. The summed E-state index contributed by atoms with van der Waals surface area (Å²) in [5.41, 5.74) is 1.08. The molecule has 0 unspecified atom stereocenters. The maximum atomic E-state index is 13.2. The van der Waals surface area contributed by atoms with E-state index in [1.165, 1.54) is 18.2 Å². The Bertz CT molecular complexity index is 418. The van der Waals surface area contributed by atoms with E-state index in [2.05, 4.69) is 0 Å². The van der Waals surface area contributed by atoms with E-state index in [-0.39, 0.29) is 12.4 Å². The number of halogens is 1. The largest absolute Gasteiger partial charge is 0.395 e. The van der Waals surface area contributed by atoms with Crippen molar-refractivity contribution in [1.82, 2.24) is 4.90 Å². The maximum absolute atomic E-state index is 13.2. The lowest BCUT2D eigenvalue weighted by molar-refractivity contribution is 0.127. The van der Waals surface area contributed by atoms with Gasteiger partial charge in [-0.15, -0.1) is 0 Å². The zero-order chi connectivity index (χ0) is 13.4. The molecule has 4 nitrogen and oxygen atoms in total. The molecule has 98 valence electrons. The lowest BCUT2D eigenvalue weighted by Crippen LogP contribution is -2.30. The van der Waals surface area contributed by atoms with Gasteiger partial charge in [-0.25, -0.2) is 4.39 Å². The number of rotatable bonds is 7. The highest BCUT2D eigenvalue weighted by Crippen LogP contribution is 2.13. The average Bonchev–Trinajstić information content (AvgIpc) is 2.36. The molecular weight excluding hydrogens is 235 g/mol. The Morgan fingerprint density at radius 1 is 1.44 bits per heavy atom. The van der Waals surface area contributed by atoms with Crippen LogP contribution in [0.15, 0.2) is 18.2 Å². The summed E-state index contributed by atoms with van der Waals surface area (Å²) >= 11 is 0. The fourth-order valence-corrected chi connectivity index (χ4v) is 1.67. The van der Waals surface area contributed by atoms with E-state index in [0.29, 0.717) is 37.4 Å². The van der Waals surface area contributed by atoms with Gasteiger partial charge in [0, 0.05) is 26.7 Å². The third kappa shape index (κ3) is 4.41. The van der Waals surface area contributed by atoms with E-state index < -0.39 is 0 Å². The van der Waals surface area contributed by atoms with Crippen molar-refractivity contribution in [3.63, 3.8) is 0 Å². The molecule has 1 aromatic carbocycles. The summed E-state index contributed by atoms with van der Waals surface area (Å²) in [5, 5.41) is 17.9. The molecule has 0 amide bonds. The summed E-state index contributed by atoms with van der Waals surface area (Å²) in [4.78, 5) is 1.92. The van der Waals surface area contributed by atoms with Crippen LogP contribution in [0.5, 0.6) is 0 Å². The van der Waals surface area contributed by atoms with Crippen LogP contribution < -0.4 is 0 Å². The third-order valence-corrected chi connectivity index (χ3v) is 2.61. The van der Waals surface area contributed by atoms with Gasteiger partial charge >= 0.3 is 0 Å². The Labute approximate surface area is 106 Å². The summed E-state index contributed by atoms with van der Waals surface area (Å²) in [7, 11) is 1.60. The second kappa shape index (κ2) is 7.77. The topological polar surface area (TPSA) is 56.5 Å². The molecule has 0 aromatic heterocycles. The van der Waals surface area contributed by atoms with Gasteiger partial charge in [0.25, 0.3) is 0 Å². The van der Waals surface area contributed by atoms with Crippen molar-refractivity contribution in [3.8, 4) is 6.07 Å². The second-order valence-corrected chi connectivity index (χ2v) is 3.91. The van der Waals surface area contributed by atoms with E-state index in [4.69, 9.17) is 15.1 Å². The van der Waals surface area contributed by atoms with Crippen LogP contribution in [0.25, 0.3) is 0 Å². The summed E-state index contributed by atoms with van der Waals surface area (Å²) in [6, 6.07) is 6.14. The van der Waals surface area contributed by atoms with Gasteiger partial charge in [0.05, 0.1) is 24.8 Å². The van der Waals surface area contributed by atoms with Gasteiger partial charge in [-0.2, -0.15) is 5.26 Å². The number of nitrogens with zero attached hydrogens (tertiary/aromatic N) is 2. The number of hydrogen-bond acceptors (Lipinski definition) is 4. The van der Waals surface area contributed by atoms with Crippen LogP contribution in [-0.4, -0.2) is 43.4 Å². The SMILES string of the molecule is COCCN(CCO)Cc1cc(F)ccc1C#N. The Morgan fingerprint density at radius 2 is 2.22 bits per heavy atom. The van der Waals surface area contributed by atoms with Crippen LogP contribution in [0.1, 0.15) is 11.1 Å². The zero-order valence-electron chi connectivity index (χ0n) is 10.4. The molecule has 0 fully saturated rings. The van der Waals surface area contributed by atoms with Crippen LogP contribution in [0.3, 0.4) is 0 Å². The number of benzene rings is 1. The first-order valence-electron chi connectivity index (χ1n) is 5.72. The highest BCUT2D eigenvalue weighted by atomic mass is 19.1. The van der Waals surface area contributed by atoms with Crippen LogP contribution >= 0.6 is 0 Å². The van der Waals surface area contributed by atoms with Crippen LogP contribution in [0.2, 0.25) is 0 Å². The molecule has 0 atom stereocenters. The van der Waals surface area contributed by atoms with Crippen molar-refractivity contribution in [2.75, 3.05) is 33.4 Å². The molecule has 0 saturated carbocycles. The number of aliphatic hydroxyl groups excluding tert-OH is 1. The Kier molecular flexibility index (Phi) is 6.29. The fourth-order valence-electron chi connectivity index (χ4n) is 1.67. The number of hydrogen-bond donors (Lipinski definition) is 1. The molecule has 1 N–H and O–H groups in total. The molecule has 0 aliphatic heterocycles. The van der Waals surface area contributed by atoms with Crippen molar-refractivity contribution >= 4 is 0 Å². The molecule has 1 rings (SSSR count). The predicted molar refractivity (Wildman–Crippen MR) is 65.4 cm³/mol. The lowest BCUT2D eigenvalue weighted by Gasteiger charge is -2.21. The molecule has 0 heterocycles. The molecule has 0 bridgehead atoms. The molecular formula is C13H17FN2O2. The predicted octanol–water partition coefficient (Wildman–Crippen LogP) is 1.14. The van der Waals surface area contributed by atoms with E-state index >= 15 is 0 Å². The molecule has 0 radical (unpaired) electrons. The molecule has 5 heteroatoms. The van der Waals surface area contributed by atoms with Crippen LogP contribution in [-0.2, 0) is 11.3 Å². The quantitative estimate of drug-likeness (QED) is 0.790. The normalized spacial score (nSPS) is 10.6. The van der Waals surface area contributed by atoms with Gasteiger partial charge in [-0.05, 0) is 23.8 Å². The number of aliphatic hydroxyl groups is 1. The van der Waals surface area contributed by atoms with E-state index in [1.807, 2.05) is 11.0 Å². The zero-order valence-corrected chi connectivity index (χ0v) is 10.4. The first-order chi connectivity index (χ1) is 8.71. The smallest absolute Gasteiger partial charge is 0.123 e. The summed E-state index contributed by atoms with van der Waals surface area (Å²) < 4.78 is 18.1. The van der Waals surface area contributed by atoms with Crippen LogP contribution in [0.4, 0.5) is 4.39 Å². The Hall–Kier alpha value is -1.48. The van der Waals surface area contributed by atoms with Crippen LogP contribution in [0, 0.1) is 17.1 Å². The highest BCUT2D eigenvalue weighted by molar-refractivity contribution is 5.37. The lowest BCUT2D eigenvalue weighted by atomic mass is 10.1. The molecule has 0 aliphatic carbocycles. The minimum atomic E-state index is -0.361. The number of nitriles is 1. The van der Waals surface area contributed by atoms with Gasteiger partial charge in [-0.3, -0.25) is 4.90 Å². The first-order valence-corrected chi connectivity index (χ1v) is 5.72.